The van der Waals surface area contributed by atoms with Gasteiger partial charge in [-0.05, 0) is 25.1 Å². The van der Waals surface area contributed by atoms with Crippen molar-refractivity contribution in [2.75, 3.05) is 6.61 Å². The Kier molecular flexibility index (Phi) is 4.23. The number of aryl methyl sites for hydroxylation is 1. The predicted octanol–water partition coefficient (Wildman–Crippen LogP) is 2.67. The fourth-order valence-electron chi connectivity index (χ4n) is 1.55. The van der Waals surface area contributed by atoms with Crippen molar-refractivity contribution in [2.24, 2.45) is 0 Å². The monoisotopic (exact) mass is 266 g/mol. The maximum atomic E-state index is 9.95. The third kappa shape index (κ3) is 3.24. The molecular weight excluding hydrogens is 252 g/mol. The van der Waals surface area contributed by atoms with E-state index in [0.29, 0.717) is 10.8 Å². The lowest BCUT2D eigenvalue weighted by atomic mass is 10.2. The quantitative estimate of drug-likeness (QED) is 0.905. The van der Waals surface area contributed by atoms with E-state index < -0.39 is 6.10 Å². The number of nitrogens with zero attached hydrogens (tertiary/aromatic N) is 2. The summed E-state index contributed by atoms with van der Waals surface area (Å²) < 4.78 is 7.24. The summed E-state index contributed by atoms with van der Waals surface area (Å²) in [5, 5.41) is 14.7. The largest absolute Gasteiger partial charge is 0.490 e. The number of benzene rings is 1. The fourth-order valence-corrected chi connectivity index (χ4v) is 1.73. The highest BCUT2D eigenvalue weighted by Gasteiger charge is 2.10. The van der Waals surface area contributed by atoms with E-state index in [9.17, 15) is 5.11 Å². The minimum absolute atomic E-state index is 0.176. The molecule has 1 aromatic carbocycles. The summed E-state index contributed by atoms with van der Waals surface area (Å²) >= 11 is 5.84. The van der Waals surface area contributed by atoms with Crippen LogP contribution in [-0.4, -0.2) is 21.5 Å². The Bertz CT molecular complexity index is 513. The Morgan fingerprint density at radius 2 is 2.33 bits per heavy atom. The zero-order chi connectivity index (χ0) is 13.0. The normalized spacial score (nSPS) is 12.4. The van der Waals surface area contributed by atoms with E-state index in [1.807, 2.05) is 13.1 Å². The summed E-state index contributed by atoms with van der Waals surface area (Å²) in [6, 6.07) is 7.09. The third-order valence-corrected chi connectivity index (χ3v) is 2.80. The van der Waals surface area contributed by atoms with Gasteiger partial charge in [-0.1, -0.05) is 17.7 Å². The van der Waals surface area contributed by atoms with E-state index in [4.69, 9.17) is 16.3 Å². The van der Waals surface area contributed by atoms with Crippen LogP contribution in [0.5, 0.6) is 5.75 Å². The molecule has 2 aromatic rings. The number of hydrogen-bond donors (Lipinski definition) is 1. The number of aliphatic hydroxyl groups excluding tert-OH is 1. The molecule has 0 amide bonds. The molecule has 1 aromatic heterocycles. The van der Waals surface area contributed by atoms with E-state index in [0.717, 1.165) is 12.1 Å². The number of hydrogen-bond acceptors (Lipinski definition) is 3. The van der Waals surface area contributed by atoms with Gasteiger partial charge in [0.1, 0.15) is 18.5 Å². The number of ether oxygens (including phenoxy) is 1. The van der Waals surface area contributed by atoms with Gasteiger partial charge >= 0.3 is 0 Å². The Morgan fingerprint density at radius 1 is 1.50 bits per heavy atom. The van der Waals surface area contributed by atoms with Crippen molar-refractivity contribution < 1.29 is 9.84 Å². The van der Waals surface area contributed by atoms with Crippen LogP contribution < -0.4 is 4.74 Å². The molecule has 1 unspecified atom stereocenters. The summed E-state index contributed by atoms with van der Waals surface area (Å²) in [6.45, 7) is 2.95. The number of aliphatic hydroxyl groups is 1. The van der Waals surface area contributed by atoms with Crippen LogP contribution in [0.25, 0.3) is 0 Å². The molecule has 0 radical (unpaired) electrons. The van der Waals surface area contributed by atoms with Crippen molar-refractivity contribution in [3.8, 4) is 5.75 Å². The molecule has 0 saturated carbocycles. The number of rotatable bonds is 5. The highest BCUT2D eigenvalue weighted by atomic mass is 35.5. The lowest BCUT2D eigenvalue weighted by molar-refractivity contribution is 0.108. The number of halogens is 1. The zero-order valence-corrected chi connectivity index (χ0v) is 10.8. The average Bonchev–Trinajstić information content (AvgIpc) is 2.85. The first-order chi connectivity index (χ1) is 8.69. The second-order valence-electron chi connectivity index (χ2n) is 3.91. The fraction of sp³-hybridized carbons (Fsp3) is 0.308. The van der Waals surface area contributed by atoms with Gasteiger partial charge in [-0.15, -0.1) is 0 Å². The second-order valence-corrected chi connectivity index (χ2v) is 4.35. The molecule has 0 bridgehead atoms. The van der Waals surface area contributed by atoms with Crippen molar-refractivity contribution in [3.05, 3.63) is 47.2 Å². The van der Waals surface area contributed by atoms with Crippen molar-refractivity contribution in [2.45, 2.75) is 19.6 Å². The topological polar surface area (TPSA) is 47.3 Å². The molecule has 18 heavy (non-hydrogen) atoms. The second kappa shape index (κ2) is 5.89. The van der Waals surface area contributed by atoms with Gasteiger partial charge in [0.15, 0.2) is 0 Å². The molecule has 0 aliphatic carbocycles. The molecule has 1 heterocycles. The van der Waals surface area contributed by atoms with Gasteiger partial charge in [0.25, 0.3) is 0 Å². The third-order valence-electron chi connectivity index (χ3n) is 2.57. The smallest absolute Gasteiger partial charge is 0.120 e. The molecule has 2 rings (SSSR count). The van der Waals surface area contributed by atoms with Gasteiger partial charge in [0.2, 0.25) is 0 Å². The first-order valence-corrected chi connectivity index (χ1v) is 6.15. The molecule has 1 N–H and O–H groups in total. The molecule has 0 saturated heterocycles. The SMILES string of the molecule is CCn1cc(C(O)COc2cccc(Cl)c2)cn1. The molecule has 5 heteroatoms. The minimum Gasteiger partial charge on any atom is -0.490 e. The standard InChI is InChI=1S/C13H15ClN2O2/c1-2-16-8-10(7-15-16)13(17)9-18-12-5-3-4-11(14)6-12/h3-8,13,17H,2,9H2,1H3. The van der Waals surface area contributed by atoms with E-state index in [1.54, 1.807) is 35.1 Å². The van der Waals surface area contributed by atoms with Crippen LogP contribution in [0.1, 0.15) is 18.6 Å². The van der Waals surface area contributed by atoms with Crippen molar-refractivity contribution in [3.63, 3.8) is 0 Å². The van der Waals surface area contributed by atoms with Crippen LogP contribution in [0.4, 0.5) is 0 Å². The molecule has 96 valence electrons. The molecule has 1 atom stereocenters. The Morgan fingerprint density at radius 3 is 3.00 bits per heavy atom. The summed E-state index contributed by atoms with van der Waals surface area (Å²) in [4.78, 5) is 0. The van der Waals surface area contributed by atoms with Crippen LogP contribution >= 0.6 is 11.6 Å². The maximum absolute atomic E-state index is 9.95. The minimum atomic E-state index is -0.690. The number of aromatic nitrogens is 2. The van der Waals surface area contributed by atoms with Crippen LogP contribution in [-0.2, 0) is 6.54 Å². The summed E-state index contributed by atoms with van der Waals surface area (Å²) in [6.07, 6.45) is 2.77. The zero-order valence-electron chi connectivity index (χ0n) is 10.1. The molecule has 0 spiro atoms. The molecular formula is C13H15ClN2O2. The summed E-state index contributed by atoms with van der Waals surface area (Å²) in [7, 11) is 0. The van der Waals surface area contributed by atoms with Crippen LogP contribution in [0.3, 0.4) is 0 Å². The van der Waals surface area contributed by atoms with Gasteiger partial charge in [0.05, 0.1) is 6.20 Å². The highest BCUT2D eigenvalue weighted by molar-refractivity contribution is 6.30. The average molecular weight is 267 g/mol. The van der Waals surface area contributed by atoms with Gasteiger partial charge in [-0.3, -0.25) is 4.68 Å². The van der Waals surface area contributed by atoms with E-state index in [1.165, 1.54) is 0 Å². The van der Waals surface area contributed by atoms with Crippen molar-refractivity contribution in [1.29, 1.82) is 0 Å². The first-order valence-electron chi connectivity index (χ1n) is 5.78. The molecule has 0 fully saturated rings. The lowest BCUT2D eigenvalue weighted by Crippen LogP contribution is -2.09. The summed E-state index contributed by atoms with van der Waals surface area (Å²) in [5.74, 6) is 0.643. The molecule has 0 aliphatic rings. The summed E-state index contributed by atoms with van der Waals surface area (Å²) in [5.41, 5.74) is 0.749. The molecule has 4 nitrogen and oxygen atoms in total. The van der Waals surface area contributed by atoms with Gasteiger partial charge in [-0.2, -0.15) is 5.10 Å². The first kappa shape index (κ1) is 12.9. The van der Waals surface area contributed by atoms with Crippen LogP contribution in [0.15, 0.2) is 36.7 Å². The van der Waals surface area contributed by atoms with E-state index in [2.05, 4.69) is 5.10 Å². The maximum Gasteiger partial charge on any atom is 0.120 e. The Balaban J connectivity index is 1.93. The van der Waals surface area contributed by atoms with Gasteiger partial charge < -0.3 is 9.84 Å². The molecule has 0 aliphatic heterocycles. The van der Waals surface area contributed by atoms with Crippen LogP contribution in [0, 0.1) is 0 Å². The van der Waals surface area contributed by atoms with Crippen molar-refractivity contribution in [1.82, 2.24) is 9.78 Å². The van der Waals surface area contributed by atoms with Crippen molar-refractivity contribution >= 4 is 11.6 Å². The van der Waals surface area contributed by atoms with E-state index in [-0.39, 0.29) is 6.61 Å². The predicted molar refractivity (Wildman–Crippen MR) is 69.8 cm³/mol. The Hall–Kier alpha value is -1.52. The van der Waals surface area contributed by atoms with Crippen LogP contribution in [0.2, 0.25) is 5.02 Å². The van der Waals surface area contributed by atoms with Gasteiger partial charge in [0, 0.05) is 23.3 Å². The highest BCUT2D eigenvalue weighted by Crippen LogP contribution is 2.19. The van der Waals surface area contributed by atoms with E-state index >= 15 is 0 Å². The lowest BCUT2D eigenvalue weighted by Gasteiger charge is -2.10. The van der Waals surface area contributed by atoms with Gasteiger partial charge in [-0.25, -0.2) is 0 Å². The Labute approximate surface area is 111 Å².